The van der Waals surface area contributed by atoms with Gasteiger partial charge in [-0.25, -0.2) is 0 Å². The SMILES string of the molecule is CCn1cc(C(=O)CCOCC(F)(F)F)cn1. The smallest absolute Gasteiger partial charge is 0.372 e. The van der Waals surface area contributed by atoms with Crippen LogP contribution in [0.4, 0.5) is 13.2 Å². The number of hydrogen-bond acceptors (Lipinski definition) is 3. The Labute approximate surface area is 96.4 Å². The van der Waals surface area contributed by atoms with Gasteiger partial charge in [-0.05, 0) is 6.92 Å². The van der Waals surface area contributed by atoms with Gasteiger partial charge in [-0.1, -0.05) is 0 Å². The molecule has 0 unspecified atom stereocenters. The van der Waals surface area contributed by atoms with Crippen LogP contribution < -0.4 is 0 Å². The van der Waals surface area contributed by atoms with Crippen LogP contribution in [0.5, 0.6) is 0 Å². The second-order valence-corrected chi connectivity index (χ2v) is 3.43. The summed E-state index contributed by atoms with van der Waals surface area (Å²) >= 11 is 0. The molecule has 17 heavy (non-hydrogen) atoms. The lowest BCUT2D eigenvalue weighted by Gasteiger charge is -2.06. The molecule has 0 atom stereocenters. The summed E-state index contributed by atoms with van der Waals surface area (Å²) in [4.78, 5) is 11.5. The van der Waals surface area contributed by atoms with Crippen LogP contribution in [0.2, 0.25) is 0 Å². The van der Waals surface area contributed by atoms with E-state index in [-0.39, 0.29) is 18.8 Å². The topological polar surface area (TPSA) is 44.1 Å². The van der Waals surface area contributed by atoms with Crippen LogP contribution >= 0.6 is 0 Å². The molecule has 0 fully saturated rings. The summed E-state index contributed by atoms with van der Waals surface area (Å²) in [7, 11) is 0. The predicted octanol–water partition coefficient (Wildman–Crippen LogP) is 2.05. The number of Topliss-reactive ketones (excluding diaryl/α,β-unsaturated/α-hetero) is 1. The van der Waals surface area contributed by atoms with Crippen LogP contribution in [0.1, 0.15) is 23.7 Å². The van der Waals surface area contributed by atoms with Crippen molar-refractivity contribution in [3.63, 3.8) is 0 Å². The number of rotatable bonds is 6. The Balaban J connectivity index is 2.30. The monoisotopic (exact) mass is 250 g/mol. The number of halogens is 3. The van der Waals surface area contributed by atoms with Gasteiger partial charge < -0.3 is 4.74 Å². The fourth-order valence-corrected chi connectivity index (χ4v) is 1.18. The van der Waals surface area contributed by atoms with Crippen molar-refractivity contribution in [1.82, 2.24) is 9.78 Å². The van der Waals surface area contributed by atoms with Crippen molar-refractivity contribution in [3.05, 3.63) is 18.0 Å². The van der Waals surface area contributed by atoms with Crippen LogP contribution in [0.15, 0.2) is 12.4 Å². The van der Waals surface area contributed by atoms with E-state index in [1.807, 2.05) is 6.92 Å². The maximum absolute atomic E-state index is 11.7. The highest BCUT2D eigenvalue weighted by molar-refractivity contribution is 5.95. The number of carbonyl (C=O) groups excluding carboxylic acids is 1. The van der Waals surface area contributed by atoms with Crippen LogP contribution in [-0.4, -0.2) is 35.0 Å². The zero-order valence-electron chi connectivity index (χ0n) is 9.33. The number of ether oxygens (including phenoxy) is 1. The number of hydrogen-bond donors (Lipinski definition) is 0. The molecule has 0 aliphatic heterocycles. The average molecular weight is 250 g/mol. The Bertz CT molecular complexity index is 374. The average Bonchev–Trinajstić information content (AvgIpc) is 2.71. The molecule has 0 spiro atoms. The van der Waals surface area contributed by atoms with Gasteiger partial charge >= 0.3 is 6.18 Å². The number of carbonyl (C=O) groups is 1. The van der Waals surface area contributed by atoms with Crippen LogP contribution in [0, 0.1) is 0 Å². The second-order valence-electron chi connectivity index (χ2n) is 3.43. The minimum Gasteiger partial charge on any atom is -0.372 e. The Hall–Kier alpha value is -1.37. The summed E-state index contributed by atoms with van der Waals surface area (Å²) in [5.74, 6) is -0.271. The van der Waals surface area contributed by atoms with Gasteiger partial charge in [-0.2, -0.15) is 18.3 Å². The molecule has 0 saturated heterocycles. The van der Waals surface area contributed by atoms with E-state index in [0.29, 0.717) is 12.1 Å². The van der Waals surface area contributed by atoms with E-state index >= 15 is 0 Å². The van der Waals surface area contributed by atoms with Gasteiger partial charge in [0.1, 0.15) is 6.61 Å². The third-order valence-electron chi connectivity index (χ3n) is 2.02. The van der Waals surface area contributed by atoms with E-state index in [2.05, 4.69) is 9.84 Å². The largest absolute Gasteiger partial charge is 0.411 e. The van der Waals surface area contributed by atoms with Crippen LogP contribution in [-0.2, 0) is 11.3 Å². The lowest BCUT2D eigenvalue weighted by molar-refractivity contribution is -0.173. The molecule has 7 heteroatoms. The number of ketones is 1. The molecule has 0 amide bonds. The zero-order chi connectivity index (χ0) is 12.9. The van der Waals surface area contributed by atoms with Gasteiger partial charge in [-0.3, -0.25) is 9.48 Å². The first-order valence-electron chi connectivity index (χ1n) is 5.12. The van der Waals surface area contributed by atoms with Crippen molar-refractivity contribution < 1.29 is 22.7 Å². The highest BCUT2D eigenvalue weighted by Gasteiger charge is 2.27. The van der Waals surface area contributed by atoms with E-state index in [1.54, 1.807) is 10.9 Å². The predicted molar refractivity (Wildman–Crippen MR) is 53.7 cm³/mol. The van der Waals surface area contributed by atoms with Gasteiger partial charge in [0.25, 0.3) is 0 Å². The molecule has 0 aromatic carbocycles. The Morgan fingerprint density at radius 2 is 2.24 bits per heavy atom. The minimum atomic E-state index is -4.35. The number of nitrogens with zero attached hydrogens (tertiary/aromatic N) is 2. The summed E-state index contributed by atoms with van der Waals surface area (Å²) in [5, 5.41) is 3.90. The molecule has 0 saturated carbocycles. The standard InChI is InChI=1S/C10H13F3N2O2/c1-2-15-6-8(5-14-15)9(16)3-4-17-7-10(11,12)13/h5-6H,2-4,7H2,1H3. The number of aromatic nitrogens is 2. The van der Waals surface area contributed by atoms with Gasteiger partial charge in [0, 0.05) is 19.2 Å². The molecule has 0 N–H and O–H groups in total. The minimum absolute atomic E-state index is 0.0779. The lowest BCUT2D eigenvalue weighted by Crippen LogP contribution is -2.18. The molecule has 1 aromatic heterocycles. The molecule has 1 rings (SSSR count). The van der Waals surface area contributed by atoms with Gasteiger partial charge in [-0.15, -0.1) is 0 Å². The fourth-order valence-electron chi connectivity index (χ4n) is 1.18. The van der Waals surface area contributed by atoms with Crippen molar-refractivity contribution >= 4 is 5.78 Å². The van der Waals surface area contributed by atoms with Crippen molar-refractivity contribution in [2.24, 2.45) is 0 Å². The maximum Gasteiger partial charge on any atom is 0.411 e. The van der Waals surface area contributed by atoms with Crippen molar-refractivity contribution in [3.8, 4) is 0 Å². The third kappa shape index (κ3) is 4.99. The Kier molecular flexibility index (Phi) is 4.68. The van der Waals surface area contributed by atoms with E-state index in [1.165, 1.54) is 6.20 Å². The van der Waals surface area contributed by atoms with E-state index in [9.17, 15) is 18.0 Å². The van der Waals surface area contributed by atoms with Crippen molar-refractivity contribution in [2.75, 3.05) is 13.2 Å². The molecular weight excluding hydrogens is 237 g/mol. The summed E-state index contributed by atoms with van der Waals surface area (Å²) in [6.07, 6.45) is -1.47. The third-order valence-corrected chi connectivity index (χ3v) is 2.02. The van der Waals surface area contributed by atoms with Gasteiger partial charge in [0.05, 0.1) is 18.4 Å². The molecule has 1 heterocycles. The molecule has 96 valence electrons. The van der Waals surface area contributed by atoms with Gasteiger partial charge in [0.2, 0.25) is 0 Å². The first-order valence-corrected chi connectivity index (χ1v) is 5.12. The number of alkyl halides is 3. The molecule has 1 aromatic rings. The molecule has 0 aliphatic rings. The van der Waals surface area contributed by atoms with Crippen molar-refractivity contribution in [1.29, 1.82) is 0 Å². The zero-order valence-corrected chi connectivity index (χ0v) is 9.33. The quantitative estimate of drug-likeness (QED) is 0.573. The first kappa shape index (κ1) is 13.7. The van der Waals surface area contributed by atoms with E-state index in [0.717, 1.165) is 0 Å². The van der Waals surface area contributed by atoms with Crippen molar-refractivity contribution in [2.45, 2.75) is 26.1 Å². The van der Waals surface area contributed by atoms with Crippen LogP contribution in [0.25, 0.3) is 0 Å². The first-order chi connectivity index (χ1) is 7.92. The highest BCUT2D eigenvalue weighted by atomic mass is 19.4. The maximum atomic E-state index is 11.7. The van der Waals surface area contributed by atoms with E-state index in [4.69, 9.17) is 0 Å². The number of aryl methyl sites for hydroxylation is 1. The fraction of sp³-hybridized carbons (Fsp3) is 0.600. The Morgan fingerprint density at radius 3 is 2.76 bits per heavy atom. The summed E-state index contributed by atoms with van der Waals surface area (Å²) in [5.41, 5.74) is 0.391. The molecule has 0 radical (unpaired) electrons. The lowest BCUT2D eigenvalue weighted by atomic mass is 10.2. The Morgan fingerprint density at radius 1 is 1.53 bits per heavy atom. The van der Waals surface area contributed by atoms with E-state index < -0.39 is 12.8 Å². The van der Waals surface area contributed by atoms with Gasteiger partial charge in [0.15, 0.2) is 5.78 Å². The summed E-state index contributed by atoms with van der Waals surface area (Å²) in [6.45, 7) is 0.940. The second kappa shape index (κ2) is 5.81. The highest BCUT2D eigenvalue weighted by Crippen LogP contribution is 2.14. The molecule has 0 bridgehead atoms. The molecule has 0 aliphatic carbocycles. The summed E-state index contributed by atoms with van der Waals surface area (Å²) in [6, 6.07) is 0. The van der Waals surface area contributed by atoms with Crippen LogP contribution in [0.3, 0.4) is 0 Å². The normalized spacial score (nSPS) is 11.8. The molecular formula is C10H13F3N2O2. The summed E-state index contributed by atoms with van der Waals surface area (Å²) < 4.78 is 41.1. The molecule has 4 nitrogen and oxygen atoms in total.